The topological polar surface area (TPSA) is 24.9 Å². The monoisotopic (exact) mass is 342 g/mol. The molecule has 1 saturated heterocycles. The van der Waals surface area contributed by atoms with Gasteiger partial charge in [0.15, 0.2) is 0 Å². The van der Waals surface area contributed by atoms with Gasteiger partial charge in [-0.3, -0.25) is 0 Å². The van der Waals surface area contributed by atoms with E-state index in [2.05, 4.69) is 49.6 Å². The van der Waals surface area contributed by atoms with Gasteiger partial charge in [0, 0.05) is 40.1 Å². The number of hydrogen-bond donors (Lipinski definition) is 1. The van der Waals surface area contributed by atoms with Crippen LogP contribution in [0.15, 0.2) is 0 Å². The van der Waals surface area contributed by atoms with E-state index in [1.165, 1.54) is 46.3 Å². The molecule has 1 aromatic rings. The van der Waals surface area contributed by atoms with Gasteiger partial charge in [-0.25, -0.2) is 4.98 Å². The lowest BCUT2D eigenvalue weighted by Gasteiger charge is -2.28. The standard InChI is InChI=1S/C16H26N2S3/c1-4-12-15(20-8-7-19-12)16-18-14(11-5-6-11)13(21-16)9-17-10(2)3/h10-12,15,17H,4-9H2,1-3H3. The fourth-order valence-corrected chi connectivity index (χ4v) is 7.26. The number of rotatable bonds is 6. The molecule has 0 aromatic carbocycles. The Labute approximate surface area is 141 Å². The van der Waals surface area contributed by atoms with Gasteiger partial charge in [-0.15, -0.1) is 23.1 Å². The Morgan fingerprint density at radius 3 is 2.67 bits per heavy atom. The van der Waals surface area contributed by atoms with Gasteiger partial charge in [0.2, 0.25) is 0 Å². The lowest BCUT2D eigenvalue weighted by molar-refractivity contribution is 0.590. The van der Waals surface area contributed by atoms with Crippen LogP contribution in [0.5, 0.6) is 0 Å². The number of thiazole rings is 1. The first-order valence-electron chi connectivity index (χ1n) is 8.15. The van der Waals surface area contributed by atoms with E-state index in [4.69, 9.17) is 4.98 Å². The summed E-state index contributed by atoms with van der Waals surface area (Å²) in [6, 6.07) is 0.547. The van der Waals surface area contributed by atoms with Crippen molar-refractivity contribution in [3.63, 3.8) is 0 Å². The Morgan fingerprint density at radius 1 is 1.24 bits per heavy atom. The van der Waals surface area contributed by atoms with Crippen molar-refractivity contribution in [2.45, 2.75) is 69.0 Å². The van der Waals surface area contributed by atoms with Gasteiger partial charge < -0.3 is 5.32 Å². The van der Waals surface area contributed by atoms with Gasteiger partial charge in [-0.2, -0.15) is 11.8 Å². The maximum absolute atomic E-state index is 5.12. The summed E-state index contributed by atoms with van der Waals surface area (Å²) in [4.78, 5) is 6.62. The second kappa shape index (κ2) is 7.24. The normalized spacial score (nSPS) is 26.5. The zero-order chi connectivity index (χ0) is 14.8. The molecule has 1 saturated carbocycles. The van der Waals surface area contributed by atoms with Crippen LogP contribution in [0, 0.1) is 0 Å². The van der Waals surface area contributed by atoms with Crippen molar-refractivity contribution in [1.29, 1.82) is 0 Å². The molecule has 2 nitrogen and oxygen atoms in total. The highest BCUT2D eigenvalue weighted by atomic mass is 32.2. The molecule has 3 rings (SSSR count). The van der Waals surface area contributed by atoms with E-state index < -0.39 is 0 Å². The molecule has 1 N–H and O–H groups in total. The first-order valence-corrected chi connectivity index (χ1v) is 11.1. The Morgan fingerprint density at radius 2 is 2.00 bits per heavy atom. The van der Waals surface area contributed by atoms with Crippen molar-refractivity contribution in [3.05, 3.63) is 15.6 Å². The third kappa shape index (κ3) is 3.98. The van der Waals surface area contributed by atoms with E-state index >= 15 is 0 Å². The van der Waals surface area contributed by atoms with E-state index in [0.29, 0.717) is 11.3 Å². The molecule has 0 amide bonds. The molecule has 0 bridgehead atoms. The van der Waals surface area contributed by atoms with Crippen molar-refractivity contribution in [2.75, 3.05) is 11.5 Å². The predicted octanol–water partition coefficient (Wildman–Crippen LogP) is 4.82. The van der Waals surface area contributed by atoms with Crippen molar-refractivity contribution >= 4 is 34.9 Å². The number of nitrogens with zero attached hydrogens (tertiary/aromatic N) is 1. The Kier molecular flexibility index (Phi) is 5.57. The minimum Gasteiger partial charge on any atom is -0.310 e. The Hall–Kier alpha value is 0.290. The summed E-state index contributed by atoms with van der Waals surface area (Å²) in [6.07, 6.45) is 3.96. The van der Waals surface area contributed by atoms with Crippen molar-refractivity contribution in [3.8, 4) is 0 Å². The van der Waals surface area contributed by atoms with E-state index in [-0.39, 0.29) is 0 Å². The second-order valence-electron chi connectivity index (χ2n) is 6.28. The van der Waals surface area contributed by atoms with Crippen LogP contribution >= 0.6 is 34.9 Å². The van der Waals surface area contributed by atoms with Gasteiger partial charge >= 0.3 is 0 Å². The van der Waals surface area contributed by atoms with Crippen LogP contribution in [0.3, 0.4) is 0 Å². The molecular weight excluding hydrogens is 316 g/mol. The molecule has 0 radical (unpaired) electrons. The molecule has 1 aromatic heterocycles. The zero-order valence-corrected chi connectivity index (χ0v) is 15.7. The third-order valence-corrected chi connectivity index (χ3v) is 8.63. The van der Waals surface area contributed by atoms with E-state index in [0.717, 1.165) is 17.7 Å². The first kappa shape index (κ1) is 16.2. The number of hydrogen-bond acceptors (Lipinski definition) is 5. The van der Waals surface area contributed by atoms with E-state index in [1.807, 2.05) is 11.3 Å². The minimum atomic E-state index is 0.547. The van der Waals surface area contributed by atoms with E-state index in [1.54, 1.807) is 0 Å². The van der Waals surface area contributed by atoms with Crippen molar-refractivity contribution < 1.29 is 0 Å². The SMILES string of the molecule is CCC1SCCSC1c1nc(C2CC2)c(CNC(C)C)s1. The van der Waals surface area contributed by atoms with Gasteiger partial charge in [0.25, 0.3) is 0 Å². The lowest BCUT2D eigenvalue weighted by Crippen LogP contribution is -2.21. The van der Waals surface area contributed by atoms with Crippen LogP contribution in [0.2, 0.25) is 0 Å². The molecule has 21 heavy (non-hydrogen) atoms. The highest BCUT2D eigenvalue weighted by molar-refractivity contribution is 8.06. The molecule has 5 heteroatoms. The fraction of sp³-hybridized carbons (Fsp3) is 0.812. The van der Waals surface area contributed by atoms with Gasteiger partial charge in [0.05, 0.1) is 10.9 Å². The predicted molar refractivity (Wildman–Crippen MR) is 97.8 cm³/mol. The second-order valence-corrected chi connectivity index (χ2v) is 9.99. The third-order valence-electron chi connectivity index (χ3n) is 4.08. The largest absolute Gasteiger partial charge is 0.310 e. The number of thioether (sulfide) groups is 2. The summed E-state index contributed by atoms with van der Waals surface area (Å²) in [5.74, 6) is 3.35. The van der Waals surface area contributed by atoms with Gasteiger partial charge in [-0.05, 0) is 19.3 Å². The van der Waals surface area contributed by atoms with Crippen LogP contribution in [-0.2, 0) is 6.54 Å². The quantitative estimate of drug-likeness (QED) is 0.801. The highest BCUT2D eigenvalue weighted by Crippen LogP contribution is 2.48. The number of nitrogens with one attached hydrogen (secondary N) is 1. The zero-order valence-electron chi connectivity index (χ0n) is 13.2. The molecule has 2 atom stereocenters. The average molecular weight is 343 g/mol. The molecule has 2 aliphatic rings. The van der Waals surface area contributed by atoms with Crippen molar-refractivity contribution in [2.24, 2.45) is 0 Å². The van der Waals surface area contributed by atoms with Gasteiger partial charge in [-0.1, -0.05) is 20.8 Å². The Bertz CT molecular complexity index is 468. The molecule has 0 spiro atoms. The Balaban J connectivity index is 1.79. The molecule has 2 heterocycles. The summed E-state index contributed by atoms with van der Waals surface area (Å²) in [5, 5.41) is 6.37. The maximum Gasteiger partial charge on any atom is 0.107 e. The lowest BCUT2D eigenvalue weighted by atomic mass is 10.2. The number of aromatic nitrogens is 1. The average Bonchev–Trinajstić information content (AvgIpc) is 3.25. The van der Waals surface area contributed by atoms with Crippen molar-refractivity contribution in [1.82, 2.24) is 10.3 Å². The summed E-state index contributed by atoms with van der Waals surface area (Å²) < 4.78 is 0. The molecular formula is C16H26N2S3. The molecule has 2 fully saturated rings. The van der Waals surface area contributed by atoms with Crippen LogP contribution in [0.1, 0.15) is 66.8 Å². The van der Waals surface area contributed by atoms with Crippen LogP contribution in [0.4, 0.5) is 0 Å². The first-order chi connectivity index (χ1) is 10.2. The smallest absolute Gasteiger partial charge is 0.107 e. The summed E-state index contributed by atoms with van der Waals surface area (Å²) in [5.41, 5.74) is 1.43. The van der Waals surface area contributed by atoms with Crippen LogP contribution in [0.25, 0.3) is 0 Å². The molecule has 1 aliphatic heterocycles. The summed E-state index contributed by atoms with van der Waals surface area (Å²) in [6.45, 7) is 7.77. The maximum atomic E-state index is 5.12. The molecule has 2 unspecified atom stereocenters. The fourth-order valence-electron chi connectivity index (χ4n) is 2.73. The van der Waals surface area contributed by atoms with Crippen LogP contribution in [-0.4, -0.2) is 27.8 Å². The summed E-state index contributed by atoms with van der Waals surface area (Å²) >= 11 is 6.28. The summed E-state index contributed by atoms with van der Waals surface area (Å²) in [7, 11) is 0. The molecule has 118 valence electrons. The highest BCUT2D eigenvalue weighted by Gasteiger charge is 2.34. The van der Waals surface area contributed by atoms with Crippen LogP contribution < -0.4 is 5.32 Å². The molecule has 1 aliphatic carbocycles. The minimum absolute atomic E-state index is 0.547. The van der Waals surface area contributed by atoms with Gasteiger partial charge in [0.1, 0.15) is 5.01 Å². The van der Waals surface area contributed by atoms with E-state index in [9.17, 15) is 0 Å².